The third kappa shape index (κ3) is 2.34. The van der Waals surface area contributed by atoms with E-state index in [1.165, 1.54) is 6.92 Å². The topological polar surface area (TPSA) is 26.3 Å². The maximum atomic E-state index is 11.0. The molecule has 0 heterocycles. The highest BCUT2D eigenvalue weighted by Crippen LogP contribution is 2.31. The molecule has 4 heteroatoms. The zero-order valence-electron chi connectivity index (χ0n) is 7.23. The van der Waals surface area contributed by atoms with Gasteiger partial charge in [-0.2, -0.15) is 0 Å². The van der Waals surface area contributed by atoms with Crippen LogP contribution in [-0.4, -0.2) is 12.9 Å². The molecule has 0 aliphatic carbocycles. The molecule has 0 bridgehead atoms. The highest BCUT2D eigenvalue weighted by Gasteiger charge is 2.09. The fraction of sp³-hybridized carbons (Fsp3) is 0.222. The van der Waals surface area contributed by atoms with E-state index in [4.69, 9.17) is 16.3 Å². The summed E-state index contributed by atoms with van der Waals surface area (Å²) in [6, 6.07) is 3.37. The monoisotopic (exact) mass is 310 g/mol. The van der Waals surface area contributed by atoms with E-state index >= 15 is 0 Å². The number of ketones is 1. The second-order valence-electron chi connectivity index (χ2n) is 2.53. The Morgan fingerprint density at radius 3 is 2.54 bits per heavy atom. The van der Waals surface area contributed by atoms with Gasteiger partial charge in [-0.1, -0.05) is 11.6 Å². The van der Waals surface area contributed by atoms with E-state index in [1.807, 2.05) is 0 Å². The summed E-state index contributed by atoms with van der Waals surface area (Å²) in [5, 5.41) is 0.472. The van der Waals surface area contributed by atoms with Crippen molar-refractivity contribution < 1.29 is 9.53 Å². The van der Waals surface area contributed by atoms with Gasteiger partial charge in [-0.05, 0) is 41.6 Å². The van der Waals surface area contributed by atoms with Crippen LogP contribution in [0.3, 0.4) is 0 Å². The molecule has 1 aromatic carbocycles. The molecule has 0 atom stereocenters. The Morgan fingerprint density at radius 2 is 2.15 bits per heavy atom. The molecule has 1 rings (SSSR count). The van der Waals surface area contributed by atoms with Gasteiger partial charge in [0, 0.05) is 5.56 Å². The van der Waals surface area contributed by atoms with Gasteiger partial charge in [0.05, 0.1) is 15.7 Å². The average molecular weight is 311 g/mol. The normalized spacial score (nSPS) is 9.85. The van der Waals surface area contributed by atoms with Crippen molar-refractivity contribution in [2.45, 2.75) is 6.92 Å². The van der Waals surface area contributed by atoms with Gasteiger partial charge in [0.1, 0.15) is 0 Å². The second-order valence-corrected chi connectivity index (χ2v) is 4.10. The van der Waals surface area contributed by atoms with Crippen LogP contribution in [0.2, 0.25) is 5.02 Å². The van der Waals surface area contributed by atoms with E-state index in [9.17, 15) is 4.79 Å². The predicted octanol–water partition coefficient (Wildman–Crippen LogP) is 3.16. The van der Waals surface area contributed by atoms with Gasteiger partial charge in [0.25, 0.3) is 0 Å². The van der Waals surface area contributed by atoms with Gasteiger partial charge in [-0.15, -0.1) is 0 Å². The van der Waals surface area contributed by atoms with Crippen LogP contribution in [-0.2, 0) is 0 Å². The van der Waals surface area contributed by atoms with E-state index in [-0.39, 0.29) is 5.78 Å². The summed E-state index contributed by atoms with van der Waals surface area (Å²) in [6.07, 6.45) is 0. The summed E-state index contributed by atoms with van der Waals surface area (Å²) in [7, 11) is 1.55. The van der Waals surface area contributed by atoms with Gasteiger partial charge in [0.15, 0.2) is 11.5 Å². The van der Waals surface area contributed by atoms with Gasteiger partial charge < -0.3 is 4.74 Å². The molecule has 70 valence electrons. The SMILES string of the molecule is COc1c(Cl)cc(C(C)=O)cc1I. The number of carbonyl (C=O) groups is 1. The lowest BCUT2D eigenvalue weighted by atomic mass is 10.1. The molecule has 0 saturated heterocycles. The van der Waals surface area contributed by atoms with Crippen LogP contribution in [0.5, 0.6) is 5.75 Å². The molecular formula is C9H8ClIO2. The third-order valence-electron chi connectivity index (χ3n) is 1.61. The molecule has 0 saturated carbocycles. The van der Waals surface area contributed by atoms with Crippen molar-refractivity contribution in [1.82, 2.24) is 0 Å². The van der Waals surface area contributed by atoms with Gasteiger partial charge in [-0.3, -0.25) is 4.79 Å². The Balaban J connectivity index is 3.28. The first kappa shape index (κ1) is 10.8. The number of ether oxygens (including phenoxy) is 1. The molecule has 0 fully saturated rings. The number of rotatable bonds is 2. The Bertz CT molecular complexity index is 326. The Morgan fingerprint density at radius 1 is 1.54 bits per heavy atom. The van der Waals surface area contributed by atoms with Crippen molar-refractivity contribution in [1.29, 1.82) is 0 Å². The molecule has 0 spiro atoms. The lowest BCUT2D eigenvalue weighted by Crippen LogP contribution is -1.95. The maximum Gasteiger partial charge on any atom is 0.159 e. The van der Waals surface area contributed by atoms with Gasteiger partial charge in [-0.25, -0.2) is 0 Å². The molecule has 0 radical (unpaired) electrons. The van der Waals surface area contributed by atoms with E-state index in [1.54, 1.807) is 19.2 Å². The molecule has 0 aliphatic rings. The lowest BCUT2D eigenvalue weighted by molar-refractivity contribution is 0.101. The number of benzene rings is 1. The first-order chi connectivity index (χ1) is 6.06. The molecule has 0 unspecified atom stereocenters. The summed E-state index contributed by atoms with van der Waals surface area (Å²) in [5.74, 6) is 0.620. The second kappa shape index (κ2) is 4.28. The zero-order chi connectivity index (χ0) is 10.0. The van der Waals surface area contributed by atoms with Crippen LogP contribution in [0, 0.1) is 3.57 Å². The van der Waals surface area contributed by atoms with E-state index in [0.717, 1.165) is 3.57 Å². The maximum absolute atomic E-state index is 11.0. The number of hydrogen-bond acceptors (Lipinski definition) is 2. The highest BCUT2D eigenvalue weighted by atomic mass is 127. The van der Waals surface area contributed by atoms with E-state index < -0.39 is 0 Å². The van der Waals surface area contributed by atoms with Crippen molar-refractivity contribution in [2.24, 2.45) is 0 Å². The third-order valence-corrected chi connectivity index (χ3v) is 2.69. The van der Waals surface area contributed by atoms with Crippen molar-refractivity contribution in [3.05, 3.63) is 26.3 Å². The minimum Gasteiger partial charge on any atom is -0.494 e. The van der Waals surface area contributed by atoms with Crippen LogP contribution in [0.25, 0.3) is 0 Å². The van der Waals surface area contributed by atoms with Crippen LogP contribution in [0.15, 0.2) is 12.1 Å². The number of halogens is 2. The summed E-state index contributed by atoms with van der Waals surface area (Å²) in [4.78, 5) is 11.0. The largest absolute Gasteiger partial charge is 0.494 e. The summed E-state index contributed by atoms with van der Waals surface area (Å²) in [6.45, 7) is 1.51. The zero-order valence-corrected chi connectivity index (χ0v) is 10.1. The van der Waals surface area contributed by atoms with Crippen molar-refractivity contribution in [2.75, 3.05) is 7.11 Å². The molecule has 0 aliphatic heterocycles. The van der Waals surface area contributed by atoms with Crippen LogP contribution in [0.1, 0.15) is 17.3 Å². The highest BCUT2D eigenvalue weighted by molar-refractivity contribution is 14.1. The first-order valence-electron chi connectivity index (χ1n) is 3.60. The Hall–Kier alpha value is -0.290. The predicted molar refractivity (Wildman–Crippen MR) is 60.7 cm³/mol. The van der Waals surface area contributed by atoms with Crippen molar-refractivity contribution >= 4 is 40.0 Å². The summed E-state index contributed by atoms with van der Waals surface area (Å²) >= 11 is 7.98. The van der Waals surface area contributed by atoms with Crippen LogP contribution >= 0.6 is 34.2 Å². The molecular weight excluding hydrogens is 302 g/mol. The lowest BCUT2D eigenvalue weighted by Gasteiger charge is -2.06. The fourth-order valence-electron chi connectivity index (χ4n) is 0.958. The quantitative estimate of drug-likeness (QED) is 0.619. The number of Topliss-reactive ketones (excluding diaryl/α,β-unsaturated/α-hetero) is 1. The van der Waals surface area contributed by atoms with Gasteiger partial charge in [0.2, 0.25) is 0 Å². The molecule has 1 aromatic rings. The minimum absolute atomic E-state index is 0.00229. The van der Waals surface area contributed by atoms with Crippen LogP contribution < -0.4 is 4.74 Å². The van der Waals surface area contributed by atoms with E-state index in [2.05, 4.69) is 22.6 Å². The smallest absolute Gasteiger partial charge is 0.159 e. The molecule has 0 aromatic heterocycles. The number of hydrogen-bond donors (Lipinski definition) is 0. The van der Waals surface area contributed by atoms with Gasteiger partial charge >= 0.3 is 0 Å². The number of carbonyl (C=O) groups excluding carboxylic acids is 1. The molecule has 2 nitrogen and oxygen atoms in total. The molecule has 0 N–H and O–H groups in total. The Labute approximate surface area is 95.4 Å². The number of methoxy groups -OCH3 is 1. The van der Waals surface area contributed by atoms with Crippen molar-refractivity contribution in [3.8, 4) is 5.75 Å². The molecule has 13 heavy (non-hydrogen) atoms. The van der Waals surface area contributed by atoms with Crippen molar-refractivity contribution in [3.63, 3.8) is 0 Å². The summed E-state index contributed by atoms with van der Waals surface area (Å²) in [5.41, 5.74) is 0.607. The molecule has 0 amide bonds. The fourth-order valence-corrected chi connectivity index (χ4v) is 2.26. The Kier molecular flexibility index (Phi) is 3.55. The first-order valence-corrected chi connectivity index (χ1v) is 5.06. The van der Waals surface area contributed by atoms with Crippen LogP contribution in [0.4, 0.5) is 0 Å². The summed E-state index contributed by atoms with van der Waals surface area (Å²) < 4.78 is 5.90. The van der Waals surface area contributed by atoms with E-state index in [0.29, 0.717) is 16.3 Å². The average Bonchev–Trinajstić information content (AvgIpc) is 2.03. The minimum atomic E-state index is 0.00229. The standard InChI is InChI=1S/C9H8ClIO2/c1-5(12)6-3-7(10)9(13-2)8(11)4-6/h3-4H,1-2H3.